The quantitative estimate of drug-likeness (QED) is 0.802. The predicted molar refractivity (Wildman–Crippen MR) is 58.1 cm³/mol. The molecule has 0 fully saturated rings. The molecule has 0 aliphatic rings. The van der Waals surface area contributed by atoms with Crippen LogP contribution < -0.4 is 0 Å². The van der Waals surface area contributed by atoms with Gasteiger partial charge in [-0.05, 0) is 13.3 Å². The Morgan fingerprint density at radius 3 is 2.57 bits per heavy atom. The number of halogens is 1. The van der Waals surface area contributed by atoms with Crippen LogP contribution in [0.5, 0.6) is 0 Å². The summed E-state index contributed by atoms with van der Waals surface area (Å²) >= 11 is 5.94. The number of H-pyrrole nitrogens is 1. The van der Waals surface area contributed by atoms with E-state index in [-0.39, 0.29) is 0 Å². The second kappa shape index (κ2) is 3.84. The van der Waals surface area contributed by atoms with Crippen LogP contribution >= 0.6 is 11.6 Å². The zero-order valence-electron chi connectivity index (χ0n) is 7.63. The minimum absolute atomic E-state index is 0.582. The molecular formula is C11H10ClN2. The molecular weight excluding hydrogens is 196 g/mol. The monoisotopic (exact) mass is 205 g/mol. The van der Waals surface area contributed by atoms with Crippen LogP contribution in [0.3, 0.4) is 0 Å². The lowest BCUT2D eigenvalue weighted by molar-refractivity contribution is 1.15. The Kier molecular flexibility index (Phi) is 2.55. The highest BCUT2D eigenvalue weighted by molar-refractivity contribution is 6.30. The standard InChI is InChI=1S/C11H10ClN2/c1-2-9-10(12)14-11(13-9)8-6-4-3-5-7-8/h3-7H,1-2H2,(H,13,14). The molecule has 3 heteroatoms. The molecule has 2 rings (SSSR count). The third-order valence-electron chi connectivity index (χ3n) is 2.01. The summed E-state index contributed by atoms with van der Waals surface area (Å²) in [6, 6.07) is 9.88. The van der Waals surface area contributed by atoms with Crippen LogP contribution in [0.4, 0.5) is 0 Å². The van der Waals surface area contributed by atoms with Crippen LogP contribution in [0.15, 0.2) is 30.3 Å². The molecule has 0 saturated heterocycles. The van der Waals surface area contributed by atoms with E-state index >= 15 is 0 Å². The molecule has 2 aromatic rings. The molecule has 0 amide bonds. The summed E-state index contributed by atoms with van der Waals surface area (Å²) in [6.45, 7) is 3.76. The zero-order valence-corrected chi connectivity index (χ0v) is 8.38. The van der Waals surface area contributed by atoms with E-state index < -0.39 is 0 Å². The van der Waals surface area contributed by atoms with E-state index in [0.717, 1.165) is 17.1 Å². The summed E-state index contributed by atoms with van der Waals surface area (Å²) in [5, 5.41) is 0.582. The van der Waals surface area contributed by atoms with Gasteiger partial charge in [0, 0.05) is 5.56 Å². The zero-order chi connectivity index (χ0) is 9.97. The molecule has 0 aliphatic heterocycles. The molecule has 1 radical (unpaired) electrons. The SMILES string of the molecule is [CH2]Cc1nc(-c2ccccc2)[nH]c1Cl. The first-order valence-electron chi connectivity index (χ1n) is 4.40. The molecule has 1 N–H and O–H groups in total. The van der Waals surface area contributed by atoms with Gasteiger partial charge in [-0.3, -0.25) is 0 Å². The number of hydrogen-bond acceptors (Lipinski definition) is 1. The van der Waals surface area contributed by atoms with Crippen molar-refractivity contribution in [1.29, 1.82) is 0 Å². The second-order valence-corrected chi connectivity index (χ2v) is 3.34. The van der Waals surface area contributed by atoms with Crippen molar-refractivity contribution in [3.63, 3.8) is 0 Å². The first-order chi connectivity index (χ1) is 6.81. The summed E-state index contributed by atoms with van der Waals surface area (Å²) < 4.78 is 0. The molecule has 14 heavy (non-hydrogen) atoms. The van der Waals surface area contributed by atoms with E-state index in [9.17, 15) is 0 Å². The number of aromatic nitrogens is 2. The molecule has 0 spiro atoms. The van der Waals surface area contributed by atoms with Gasteiger partial charge >= 0.3 is 0 Å². The Balaban J connectivity index is 2.43. The second-order valence-electron chi connectivity index (χ2n) is 2.96. The van der Waals surface area contributed by atoms with Gasteiger partial charge in [-0.1, -0.05) is 41.9 Å². The fourth-order valence-electron chi connectivity index (χ4n) is 1.29. The number of rotatable bonds is 2. The van der Waals surface area contributed by atoms with Gasteiger partial charge in [-0.25, -0.2) is 4.98 Å². The third kappa shape index (κ3) is 1.66. The molecule has 2 nitrogen and oxygen atoms in total. The lowest BCUT2D eigenvalue weighted by atomic mass is 10.2. The number of hydrogen-bond donors (Lipinski definition) is 1. The molecule has 0 aliphatic carbocycles. The highest BCUT2D eigenvalue weighted by Gasteiger charge is 2.07. The van der Waals surface area contributed by atoms with Crippen LogP contribution in [0.1, 0.15) is 5.69 Å². The fourth-order valence-corrected chi connectivity index (χ4v) is 1.51. The summed E-state index contributed by atoms with van der Waals surface area (Å²) in [5.74, 6) is 0.800. The lowest BCUT2D eigenvalue weighted by Gasteiger charge is -1.93. The fraction of sp³-hybridized carbons (Fsp3) is 0.0909. The maximum Gasteiger partial charge on any atom is 0.138 e. The normalized spacial score (nSPS) is 10.4. The number of nitrogens with one attached hydrogen (secondary N) is 1. The van der Waals surface area contributed by atoms with Crippen LogP contribution in [-0.2, 0) is 6.42 Å². The van der Waals surface area contributed by atoms with Crippen molar-refractivity contribution in [3.8, 4) is 11.4 Å². The highest BCUT2D eigenvalue weighted by atomic mass is 35.5. The number of aromatic amines is 1. The molecule has 1 aromatic carbocycles. The first-order valence-corrected chi connectivity index (χ1v) is 4.78. The highest BCUT2D eigenvalue weighted by Crippen LogP contribution is 2.20. The maximum absolute atomic E-state index is 5.94. The van der Waals surface area contributed by atoms with Crippen molar-refractivity contribution in [3.05, 3.63) is 48.1 Å². The molecule has 71 valence electrons. The third-order valence-corrected chi connectivity index (χ3v) is 2.32. The number of nitrogens with zero attached hydrogens (tertiary/aromatic N) is 1. The molecule has 1 heterocycles. The average Bonchev–Trinajstić information content (AvgIpc) is 2.61. The van der Waals surface area contributed by atoms with Crippen molar-refractivity contribution in [2.24, 2.45) is 0 Å². The van der Waals surface area contributed by atoms with Gasteiger partial charge in [0.05, 0.1) is 5.69 Å². The van der Waals surface area contributed by atoms with Gasteiger partial charge in [0.25, 0.3) is 0 Å². The van der Waals surface area contributed by atoms with Gasteiger partial charge in [0.2, 0.25) is 0 Å². The Morgan fingerprint density at radius 1 is 1.29 bits per heavy atom. The maximum atomic E-state index is 5.94. The number of imidazole rings is 1. The Labute approximate surface area is 88.0 Å². The van der Waals surface area contributed by atoms with Crippen molar-refractivity contribution >= 4 is 11.6 Å². The molecule has 0 atom stereocenters. The van der Waals surface area contributed by atoms with Crippen molar-refractivity contribution in [2.75, 3.05) is 0 Å². The predicted octanol–water partition coefficient (Wildman–Crippen LogP) is 3.11. The Morgan fingerprint density at radius 2 is 2.00 bits per heavy atom. The lowest BCUT2D eigenvalue weighted by Crippen LogP contribution is -1.81. The molecule has 0 unspecified atom stereocenters. The van der Waals surface area contributed by atoms with E-state index in [1.807, 2.05) is 30.3 Å². The first kappa shape index (κ1) is 9.28. The van der Waals surface area contributed by atoms with Crippen LogP contribution in [0, 0.1) is 6.92 Å². The summed E-state index contributed by atoms with van der Waals surface area (Å²) in [5.41, 5.74) is 1.85. The Hall–Kier alpha value is -1.28. The van der Waals surface area contributed by atoms with E-state index in [1.165, 1.54) is 0 Å². The largest absolute Gasteiger partial charge is 0.329 e. The number of benzene rings is 1. The van der Waals surface area contributed by atoms with Gasteiger partial charge in [0.15, 0.2) is 0 Å². The Bertz CT molecular complexity index is 420. The molecule has 1 aromatic heterocycles. The van der Waals surface area contributed by atoms with Crippen molar-refractivity contribution in [2.45, 2.75) is 6.42 Å². The van der Waals surface area contributed by atoms with Crippen LogP contribution in [0.2, 0.25) is 5.15 Å². The van der Waals surface area contributed by atoms with Crippen molar-refractivity contribution < 1.29 is 0 Å². The van der Waals surface area contributed by atoms with Crippen LogP contribution in [0.25, 0.3) is 11.4 Å². The minimum atomic E-state index is 0.582. The van der Waals surface area contributed by atoms with E-state index in [2.05, 4.69) is 16.9 Å². The van der Waals surface area contributed by atoms with Gasteiger partial charge in [-0.15, -0.1) is 0 Å². The van der Waals surface area contributed by atoms with E-state index in [0.29, 0.717) is 11.6 Å². The van der Waals surface area contributed by atoms with E-state index in [4.69, 9.17) is 11.6 Å². The summed E-state index contributed by atoms with van der Waals surface area (Å²) in [4.78, 5) is 7.37. The van der Waals surface area contributed by atoms with Gasteiger partial charge in [-0.2, -0.15) is 0 Å². The van der Waals surface area contributed by atoms with Gasteiger partial charge < -0.3 is 4.98 Å². The summed E-state index contributed by atoms with van der Waals surface area (Å²) in [7, 11) is 0. The van der Waals surface area contributed by atoms with Crippen LogP contribution in [-0.4, -0.2) is 9.97 Å². The summed E-state index contributed by atoms with van der Waals surface area (Å²) in [6.07, 6.45) is 0.599. The minimum Gasteiger partial charge on any atom is -0.329 e. The average molecular weight is 206 g/mol. The van der Waals surface area contributed by atoms with E-state index in [1.54, 1.807) is 0 Å². The molecule has 0 bridgehead atoms. The van der Waals surface area contributed by atoms with Crippen molar-refractivity contribution in [1.82, 2.24) is 9.97 Å². The molecule has 0 saturated carbocycles. The smallest absolute Gasteiger partial charge is 0.138 e. The topological polar surface area (TPSA) is 28.7 Å². The van der Waals surface area contributed by atoms with Gasteiger partial charge in [0.1, 0.15) is 11.0 Å².